The van der Waals surface area contributed by atoms with E-state index in [-0.39, 0.29) is 0 Å². The molecule has 1 aliphatic rings. The van der Waals surface area contributed by atoms with E-state index in [1.165, 1.54) is 16.2 Å². The van der Waals surface area contributed by atoms with Crippen molar-refractivity contribution in [1.82, 2.24) is 4.90 Å². The third-order valence-corrected chi connectivity index (χ3v) is 6.77. The highest BCUT2D eigenvalue weighted by Crippen LogP contribution is 2.49. The van der Waals surface area contributed by atoms with Gasteiger partial charge >= 0.3 is 0 Å². The molecule has 1 nitrogen and oxygen atoms in total. The molecule has 3 rings (SSSR count). The number of nitrogens with zero attached hydrogens (tertiary/aromatic N) is 1. The van der Waals surface area contributed by atoms with Gasteiger partial charge in [-0.25, -0.2) is 0 Å². The largest absolute Gasteiger partial charge is 0.309 e. The van der Waals surface area contributed by atoms with Gasteiger partial charge in [-0.15, -0.1) is 0 Å². The smallest absolute Gasteiger partial charge is 0.00158 e. The summed E-state index contributed by atoms with van der Waals surface area (Å²) in [5.41, 5.74) is 1.54. The lowest BCUT2D eigenvalue weighted by Gasteiger charge is -2.22. The third kappa shape index (κ3) is 3.99. The van der Waals surface area contributed by atoms with Crippen LogP contribution in [0.25, 0.3) is 0 Å². The highest BCUT2D eigenvalue weighted by Gasteiger charge is 2.22. The van der Waals surface area contributed by atoms with Crippen molar-refractivity contribution in [3.05, 3.63) is 83.7 Å². The molecular weight excluding hydrogens is 297 g/mol. The van der Waals surface area contributed by atoms with E-state index in [0.717, 1.165) is 19.4 Å². The van der Waals surface area contributed by atoms with Crippen molar-refractivity contribution in [3.63, 3.8) is 0 Å². The van der Waals surface area contributed by atoms with Gasteiger partial charge in [0.1, 0.15) is 0 Å². The summed E-state index contributed by atoms with van der Waals surface area (Å²) in [5, 5.41) is 4.53. The van der Waals surface area contributed by atoms with Crippen molar-refractivity contribution >= 4 is 18.5 Å². The third-order valence-electron chi connectivity index (χ3n) is 4.13. The molecule has 0 amide bonds. The Hall–Kier alpha value is -1.69. The molecule has 1 aliphatic carbocycles. The van der Waals surface area contributed by atoms with Gasteiger partial charge in [0.25, 0.3) is 0 Å². The highest BCUT2D eigenvalue weighted by atomic mass is 31.1. The van der Waals surface area contributed by atoms with E-state index in [2.05, 4.69) is 91.8 Å². The molecule has 0 fully saturated rings. The minimum atomic E-state index is -0.424. The maximum atomic E-state index is 2.35. The lowest BCUT2D eigenvalue weighted by atomic mass is 10.2. The summed E-state index contributed by atoms with van der Waals surface area (Å²) in [4.78, 5) is 2.27. The van der Waals surface area contributed by atoms with Gasteiger partial charge in [0.15, 0.2) is 0 Å². The van der Waals surface area contributed by atoms with E-state index in [1.54, 1.807) is 5.31 Å². The Bertz CT molecular complexity index is 647. The molecule has 23 heavy (non-hydrogen) atoms. The van der Waals surface area contributed by atoms with E-state index in [9.17, 15) is 0 Å². The Balaban J connectivity index is 2.00. The monoisotopic (exact) mass is 321 g/mol. The van der Waals surface area contributed by atoms with Crippen molar-refractivity contribution in [1.29, 1.82) is 0 Å². The fourth-order valence-electron chi connectivity index (χ4n) is 2.96. The molecule has 0 saturated heterocycles. The van der Waals surface area contributed by atoms with Gasteiger partial charge in [-0.05, 0) is 56.4 Å². The maximum absolute atomic E-state index is 2.35. The van der Waals surface area contributed by atoms with E-state index >= 15 is 0 Å². The summed E-state index contributed by atoms with van der Waals surface area (Å²) >= 11 is 0. The van der Waals surface area contributed by atoms with Crippen molar-refractivity contribution in [3.8, 4) is 0 Å². The van der Waals surface area contributed by atoms with Crippen LogP contribution in [0.5, 0.6) is 0 Å². The van der Waals surface area contributed by atoms with Gasteiger partial charge < -0.3 is 4.90 Å². The zero-order valence-electron chi connectivity index (χ0n) is 13.9. The normalized spacial score (nSPS) is 14.3. The number of hydrogen-bond acceptors (Lipinski definition) is 1. The summed E-state index contributed by atoms with van der Waals surface area (Å²) < 4.78 is 0. The standard InChI is InChI=1S/C21H24NP/c1-22(2)17-16-18-10-9-15-21(18)23(19-11-5-3-6-12-19)20-13-7-4-8-14-20/h3-14H,15-17H2,1-2H3. The van der Waals surface area contributed by atoms with Crippen LogP contribution in [0.15, 0.2) is 83.7 Å². The molecule has 0 aliphatic heterocycles. The predicted molar refractivity (Wildman–Crippen MR) is 103 cm³/mol. The van der Waals surface area contributed by atoms with Gasteiger partial charge in [0.2, 0.25) is 0 Å². The average Bonchev–Trinajstić information content (AvgIpc) is 3.03. The second-order valence-corrected chi connectivity index (χ2v) is 8.38. The second kappa shape index (κ2) is 7.73. The van der Waals surface area contributed by atoms with Gasteiger partial charge in [0, 0.05) is 6.54 Å². The second-order valence-electron chi connectivity index (χ2n) is 6.14. The van der Waals surface area contributed by atoms with Crippen LogP contribution in [-0.2, 0) is 0 Å². The fraction of sp³-hybridized carbons (Fsp3) is 0.238. The molecule has 0 saturated carbocycles. The van der Waals surface area contributed by atoms with E-state index in [4.69, 9.17) is 0 Å². The molecule has 0 spiro atoms. The maximum Gasteiger partial charge on any atom is 0.00158 e. The Morgan fingerprint density at radius 2 is 1.43 bits per heavy atom. The van der Waals surface area contributed by atoms with Crippen LogP contribution in [0.2, 0.25) is 0 Å². The zero-order chi connectivity index (χ0) is 16.1. The highest BCUT2D eigenvalue weighted by molar-refractivity contribution is 7.76. The predicted octanol–water partition coefficient (Wildman–Crippen LogP) is 4.29. The van der Waals surface area contributed by atoms with E-state index in [1.807, 2.05) is 0 Å². The molecule has 0 aromatic heterocycles. The van der Waals surface area contributed by atoms with Crippen LogP contribution in [0.4, 0.5) is 0 Å². The minimum Gasteiger partial charge on any atom is -0.309 e. The van der Waals surface area contributed by atoms with Crippen molar-refractivity contribution in [2.75, 3.05) is 20.6 Å². The van der Waals surface area contributed by atoms with Crippen molar-refractivity contribution in [2.45, 2.75) is 12.8 Å². The van der Waals surface area contributed by atoms with Gasteiger partial charge in [-0.2, -0.15) is 0 Å². The quantitative estimate of drug-likeness (QED) is 0.718. The Kier molecular flexibility index (Phi) is 5.43. The molecule has 2 aromatic carbocycles. The van der Waals surface area contributed by atoms with Crippen LogP contribution in [0, 0.1) is 0 Å². The minimum absolute atomic E-state index is 0.424. The Morgan fingerprint density at radius 3 is 1.96 bits per heavy atom. The summed E-state index contributed by atoms with van der Waals surface area (Å²) in [7, 11) is 3.87. The fourth-order valence-corrected chi connectivity index (χ4v) is 5.59. The Labute approximate surface area is 141 Å². The van der Waals surface area contributed by atoms with E-state index in [0.29, 0.717) is 0 Å². The first-order valence-corrected chi connectivity index (χ1v) is 9.53. The molecule has 2 heteroatoms. The molecule has 0 atom stereocenters. The van der Waals surface area contributed by atoms with Crippen LogP contribution in [0.3, 0.4) is 0 Å². The zero-order valence-corrected chi connectivity index (χ0v) is 14.8. The number of rotatable bonds is 6. The van der Waals surface area contributed by atoms with Crippen LogP contribution in [0.1, 0.15) is 12.8 Å². The van der Waals surface area contributed by atoms with Crippen LogP contribution < -0.4 is 10.6 Å². The number of benzene rings is 2. The molecule has 0 N–H and O–H groups in total. The lowest BCUT2D eigenvalue weighted by molar-refractivity contribution is 0.414. The van der Waals surface area contributed by atoms with Crippen molar-refractivity contribution in [2.24, 2.45) is 0 Å². The first-order valence-electron chi connectivity index (χ1n) is 8.19. The molecule has 0 unspecified atom stereocenters. The van der Waals surface area contributed by atoms with Gasteiger partial charge in [-0.3, -0.25) is 0 Å². The first-order chi connectivity index (χ1) is 11.3. The topological polar surface area (TPSA) is 3.24 Å². The molecule has 2 aromatic rings. The Morgan fingerprint density at radius 1 is 0.870 bits per heavy atom. The first kappa shape index (κ1) is 16.2. The molecule has 0 bridgehead atoms. The molecule has 118 valence electrons. The van der Waals surface area contributed by atoms with Crippen LogP contribution >= 0.6 is 7.92 Å². The SMILES string of the molecule is CN(C)CCC1=C(P(c2ccccc2)c2ccccc2)CC=C1. The number of allylic oxidation sites excluding steroid dienone is 3. The molecule has 0 radical (unpaired) electrons. The van der Waals surface area contributed by atoms with Gasteiger partial charge in [-0.1, -0.05) is 72.8 Å². The van der Waals surface area contributed by atoms with Crippen molar-refractivity contribution < 1.29 is 0 Å². The summed E-state index contributed by atoms with van der Waals surface area (Å²) in [6, 6.07) is 22.0. The summed E-state index contributed by atoms with van der Waals surface area (Å²) in [6.07, 6.45) is 6.91. The van der Waals surface area contributed by atoms with Crippen LogP contribution in [-0.4, -0.2) is 25.5 Å². The molecule has 0 heterocycles. The molecular formula is C21H24NP. The number of hydrogen-bond donors (Lipinski definition) is 0. The summed E-state index contributed by atoms with van der Waals surface area (Å²) in [6.45, 7) is 1.11. The summed E-state index contributed by atoms with van der Waals surface area (Å²) in [5.74, 6) is 0. The van der Waals surface area contributed by atoms with E-state index < -0.39 is 7.92 Å². The lowest BCUT2D eigenvalue weighted by Crippen LogP contribution is -2.15. The van der Waals surface area contributed by atoms with Gasteiger partial charge in [0.05, 0.1) is 0 Å². The average molecular weight is 321 g/mol.